The van der Waals surface area contributed by atoms with Crippen molar-refractivity contribution in [2.45, 2.75) is 38.1 Å². The number of fused-ring (bicyclic) bond motifs is 1. The lowest BCUT2D eigenvalue weighted by atomic mass is 9.96. The fraction of sp³-hybridized carbons (Fsp3) is 0.625. The van der Waals surface area contributed by atoms with Crippen LogP contribution >= 0.6 is 0 Å². The van der Waals surface area contributed by atoms with Gasteiger partial charge in [-0.25, -0.2) is 0 Å². The van der Waals surface area contributed by atoms with Gasteiger partial charge >= 0.3 is 0 Å². The summed E-state index contributed by atoms with van der Waals surface area (Å²) in [5.41, 5.74) is 3.01. The summed E-state index contributed by atoms with van der Waals surface area (Å²) < 4.78 is 0. The van der Waals surface area contributed by atoms with Gasteiger partial charge in [0, 0.05) is 12.6 Å². The van der Waals surface area contributed by atoms with Crippen LogP contribution in [0.15, 0.2) is 24.3 Å². The van der Waals surface area contributed by atoms with Crippen LogP contribution < -0.4 is 5.32 Å². The number of rotatable bonds is 4. The van der Waals surface area contributed by atoms with Crippen molar-refractivity contribution < 1.29 is 5.11 Å². The average Bonchev–Trinajstić information content (AvgIpc) is 3.02. The van der Waals surface area contributed by atoms with E-state index in [1.807, 2.05) is 0 Å². The van der Waals surface area contributed by atoms with Crippen LogP contribution in [-0.4, -0.2) is 18.3 Å². The summed E-state index contributed by atoms with van der Waals surface area (Å²) in [4.78, 5) is 0. The van der Waals surface area contributed by atoms with Crippen molar-refractivity contribution >= 4 is 0 Å². The highest BCUT2D eigenvalue weighted by molar-refractivity contribution is 5.34. The van der Waals surface area contributed by atoms with Crippen LogP contribution in [0.2, 0.25) is 0 Å². The molecule has 0 bridgehead atoms. The molecule has 0 radical (unpaired) electrons. The second kappa shape index (κ2) is 5.41. The predicted octanol–water partition coefficient (Wildman–Crippen LogP) is 2.67. The number of aryl methyl sites for hydroxylation is 1. The first-order valence-electron chi connectivity index (χ1n) is 7.30. The van der Waals surface area contributed by atoms with Crippen LogP contribution in [0.3, 0.4) is 0 Å². The maximum atomic E-state index is 9.36. The summed E-state index contributed by atoms with van der Waals surface area (Å²) in [5.74, 6) is 1.22. The molecule has 3 atom stereocenters. The Kier molecular flexibility index (Phi) is 3.67. The van der Waals surface area contributed by atoms with Gasteiger partial charge in [0.2, 0.25) is 0 Å². The lowest BCUT2D eigenvalue weighted by molar-refractivity contribution is 0.190. The van der Waals surface area contributed by atoms with E-state index < -0.39 is 0 Å². The summed E-state index contributed by atoms with van der Waals surface area (Å²) in [6.45, 7) is 1.44. The molecule has 0 saturated heterocycles. The van der Waals surface area contributed by atoms with E-state index in [9.17, 15) is 5.11 Å². The molecule has 18 heavy (non-hydrogen) atoms. The molecule has 0 amide bonds. The smallest absolute Gasteiger partial charge is 0.0462 e. The molecule has 1 aromatic rings. The monoisotopic (exact) mass is 245 g/mol. The third-order valence-electron chi connectivity index (χ3n) is 4.81. The van der Waals surface area contributed by atoms with Gasteiger partial charge in [-0.1, -0.05) is 30.7 Å². The standard InChI is InChI=1S/C16H23NO/c18-11-14-6-3-5-13(14)10-17-16-9-8-12-4-1-2-7-15(12)16/h1-2,4,7,13-14,16-18H,3,5-6,8-11H2. The molecule has 2 aliphatic carbocycles. The van der Waals surface area contributed by atoms with Crippen LogP contribution in [0.4, 0.5) is 0 Å². The lowest BCUT2D eigenvalue weighted by Crippen LogP contribution is -2.29. The summed E-state index contributed by atoms with van der Waals surface area (Å²) in [6, 6.07) is 9.34. The van der Waals surface area contributed by atoms with Crippen LogP contribution in [0, 0.1) is 11.8 Å². The summed E-state index contributed by atoms with van der Waals surface area (Å²) in [7, 11) is 0. The Hall–Kier alpha value is -0.860. The topological polar surface area (TPSA) is 32.3 Å². The molecule has 98 valence electrons. The quantitative estimate of drug-likeness (QED) is 0.855. The molecule has 0 aromatic heterocycles. The first-order valence-corrected chi connectivity index (χ1v) is 7.30. The molecule has 1 aromatic carbocycles. The minimum absolute atomic E-state index is 0.369. The first kappa shape index (κ1) is 12.2. The van der Waals surface area contributed by atoms with Crippen LogP contribution in [0.1, 0.15) is 42.9 Å². The van der Waals surface area contributed by atoms with E-state index in [-0.39, 0.29) is 0 Å². The normalized spacial score (nSPS) is 30.6. The van der Waals surface area contributed by atoms with Gasteiger partial charge in [0.05, 0.1) is 0 Å². The largest absolute Gasteiger partial charge is 0.396 e. The molecule has 1 fully saturated rings. The second-order valence-corrected chi connectivity index (χ2v) is 5.83. The number of aliphatic hydroxyl groups is 1. The van der Waals surface area contributed by atoms with Crippen molar-refractivity contribution in [1.29, 1.82) is 0 Å². The Morgan fingerprint density at radius 3 is 2.83 bits per heavy atom. The Balaban J connectivity index is 1.58. The molecule has 0 aliphatic heterocycles. The molecule has 3 rings (SSSR count). The van der Waals surface area contributed by atoms with Crippen molar-refractivity contribution in [3.63, 3.8) is 0 Å². The van der Waals surface area contributed by atoms with Gasteiger partial charge in [-0.15, -0.1) is 0 Å². The maximum Gasteiger partial charge on any atom is 0.0462 e. The van der Waals surface area contributed by atoms with Gasteiger partial charge in [-0.05, 0) is 55.2 Å². The molecule has 3 unspecified atom stereocenters. The summed E-state index contributed by atoms with van der Waals surface area (Å²) in [6.07, 6.45) is 6.23. The fourth-order valence-corrected chi connectivity index (χ4v) is 3.69. The minimum atomic E-state index is 0.369. The van der Waals surface area contributed by atoms with E-state index in [0.717, 1.165) is 6.54 Å². The number of hydrogen-bond acceptors (Lipinski definition) is 2. The van der Waals surface area contributed by atoms with Crippen molar-refractivity contribution in [2.24, 2.45) is 11.8 Å². The molecule has 1 saturated carbocycles. The zero-order chi connectivity index (χ0) is 12.4. The summed E-state index contributed by atoms with van der Waals surface area (Å²) >= 11 is 0. The SMILES string of the molecule is OCC1CCCC1CNC1CCc2ccccc21. The number of aliphatic hydroxyl groups excluding tert-OH is 1. The second-order valence-electron chi connectivity index (χ2n) is 5.83. The van der Waals surface area contributed by atoms with Crippen molar-refractivity contribution in [2.75, 3.05) is 13.2 Å². The fourth-order valence-electron chi connectivity index (χ4n) is 3.69. The number of hydrogen-bond donors (Lipinski definition) is 2. The van der Waals surface area contributed by atoms with E-state index in [2.05, 4.69) is 29.6 Å². The Morgan fingerprint density at radius 1 is 1.11 bits per heavy atom. The zero-order valence-electron chi connectivity index (χ0n) is 10.9. The molecule has 2 N–H and O–H groups in total. The van der Waals surface area contributed by atoms with Crippen LogP contribution in [0.5, 0.6) is 0 Å². The Bertz CT molecular complexity index is 404. The Labute approximate surface area is 109 Å². The molecule has 2 heteroatoms. The molecular formula is C16H23NO. The van der Waals surface area contributed by atoms with Crippen molar-refractivity contribution in [3.05, 3.63) is 35.4 Å². The lowest BCUT2D eigenvalue weighted by Gasteiger charge is -2.21. The highest BCUT2D eigenvalue weighted by atomic mass is 16.3. The third-order valence-corrected chi connectivity index (χ3v) is 4.81. The average molecular weight is 245 g/mol. The van der Waals surface area contributed by atoms with Gasteiger partial charge < -0.3 is 10.4 Å². The maximum absolute atomic E-state index is 9.36. The highest BCUT2D eigenvalue weighted by Gasteiger charge is 2.28. The molecular weight excluding hydrogens is 222 g/mol. The molecule has 2 aliphatic rings. The van der Waals surface area contributed by atoms with E-state index in [1.54, 1.807) is 0 Å². The van der Waals surface area contributed by atoms with Gasteiger partial charge in [-0.3, -0.25) is 0 Å². The predicted molar refractivity (Wildman–Crippen MR) is 73.4 cm³/mol. The van der Waals surface area contributed by atoms with Crippen molar-refractivity contribution in [3.8, 4) is 0 Å². The third kappa shape index (κ3) is 2.32. The highest BCUT2D eigenvalue weighted by Crippen LogP contribution is 2.34. The molecule has 2 nitrogen and oxygen atoms in total. The van der Waals surface area contributed by atoms with Gasteiger partial charge in [0.25, 0.3) is 0 Å². The van der Waals surface area contributed by atoms with Gasteiger partial charge in [-0.2, -0.15) is 0 Å². The molecule has 0 spiro atoms. The number of benzene rings is 1. The Morgan fingerprint density at radius 2 is 1.94 bits per heavy atom. The van der Waals surface area contributed by atoms with E-state index in [4.69, 9.17) is 0 Å². The van der Waals surface area contributed by atoms with E-state index in [1.165, 1.54) is 43.2 Å². The minimum Gasteiger partial charge on any atom is -0.396 e. The summed E-state index contributed by atoms with van der Waals surface area (Å²) in [5, 5.41) is 13.1. The first-order chi connectivity index (χ1) is 8.88. The van der Waals surface area contributed by atoms with E-state index >= 15 is 0 Å². The molecule has 0 heterocycles. The van der Waals surface area contributed by atoms with Crippen molar-refractivity contribution in [1.82, 2.24) is 5.32 Å². The van der Waals surface area contributed by atoms with Crippen LogP contribution in [0.25, 0.3) is 0 Å². The zero-order valence-corrected chi connectivity index (χ0v) is 10.9. The van der Waals surface area contributed by atoms with Crippen LogP contribution in [-0.2, 0) is 6.42 Å². The van der Waals surface area contributed by atoms with E-state index in [0.29, 0.717) is 24.5 Å². The number of nitrogens with one attached hydrogen (secondary N) is 1. The van der Waals surface area contributed by atoms with Gasteiger partial charge in [0.15, 0.2) is 0 Å². The van der Waals surface area contributed by atoms with Gasteiger partial charge in [0.1, 0.15) is 0 Å².